The van der Waals surface area contributed by atoms with Crippen molar-refractivity contribution in [1.82, 2.24) is 44.4 Å². The molecule has 0 saturated carbocycles. The second-order valence-electron chi connectivity index (χ2n) is 15.2. The number of thiophene rings is 2. The number of ether oxygens (including phenoxy) is 5. The Balaban J connectivity index is 0.000000179. The van der Waals surface area contributed by atoms with E-state index in [1.54, 1.807) is 58.7 Å². The molecule has 0 atom stereocenters. The molecule has 9 rings (SSSR count). The monoisotopic (exact) mass is 981 g/mol. The van der Waals surface area contributed by atoms with Crippen LogP contribution in [-0.2, 0) is 18.8 Å². The number of anilines is 4. The Kier molecular flexibility index (Phi) is 15.1. The Hall–Kier alpha value is -5.86. The number of rotatable bonds is 17. The topological polar surface area (TPSA) is 161 Å². The van der Waals surface area contributed by atoms with E-state index < -0.39 is 0 Å². The van der Waals surface area contributed by atoms with E-state index in [9.17, 15) is 0 Å². The van der Waals surface area contributed by atoms with Gasteiger partial charge in [0.25, 0.3) is 0 Å². The predicted octanol–water partition coefficient (Wildman–Crippen LogP) is 9.57. The first-order valence-corrected chi connectivity index (χ1v) is 24.0. The highest BCUT2D eigenvalue weighted by atomic mass is 79.9. The minimum absolute atomic E-state index is 0.531. The molecular weight excluding hydrogens is 931 g/mol. The zero-order valence-electron chi connectivity index (χ0n) is 37.3. The summed E-state index contributed by atoms with van der Waals surface area (Å²) in [5.41, 5.74) is 7.55. The molecule has 2 N–H and O–H groups in total. The Morgan fingerprint density at radius 3 is 1.63 bits per heavy atom. The van der Waals surface area contributed by atoms with E-state index in [0.717, 1.165) is 138 Å². The van der Waals surface area contributed by atoms with Crippen molar-refractivity contribution in [3.63, 3.8) is 0 Å². The quantitative estimate of drug-likeness (QED) is 0.0656. The zero-order chi connectivity index (χ0) is 45.3. The number of aryl methyl sites for hydroxylation is 4. The summed E-state index contributed by atoms with van der Waals surface area (Å²) in [5.74, 6) is 4.18. The van der Waals surface area contributed by atoms with Gasteiger partial charge in [0.1, 0.15) is 23.0 Å². The summed E-state index contributed by atoms with van der Waals surface area (Å²) < 4.78 is 34.3. The summed E-state index contributed by atoms with van der Waals surface area (Å²) in [5, 5.41) is 15.7. The maximum atomic E-state index is 6.04. The van der Waals surface area contributed by atoms with Gasteiger partial charge in [-0.2, -0.15) is 10.2 Å². The van der Waals surface area contributed by atoms with Crippen LogP contribution in [0.4, 0.5) is 23.3 Å². The number of halogens is 1. The van der Waals surface area contributed by atoms with E-state index in [4.69, 9.17) is 33.7 Å². The highest BCUT2D eigenvalue weighted by molar-refractivity contribution is 9.09. The summed E-state index contributed by atoms with van der Waals surface area (Å²) >= 11 is 6.77. The number of benzene rings is 2. The first-order chi connectivity index (χ1) is 31.7. The van der Waals surface area contributed by atoms with E-state index in [1.165, 1.54) is 0 Å². The van der Waals surface area contributed by atoms with Crippen molar-refractivity contribution in [3.8, 4) is 45.3 Å². The highest BCUT2D eigenvalue weighted by Crippen LogP contribution is 2.44. The highest BCUT2D eigenvalue weighted by Gasteiger charge is 2.20. The molecule has 16 nitrogen and oxygen atoms in total. The molecule has 0 bridgehead atoms. The third-order valence-electron chi connectivity index (χ3n) is 10.6. The van der Waals surface area contributed by atoms with Crippen LogP contribution in [0.1, 0.15) is 22.6 Å². The molecule has 8 aromatic rings. The lowest BCUT2D eigenvalue weighted by Crippen LogP contribution is -2.37. The molecule has 19 heteroatoms. The van der Waals surface area contributed by atoms with Gasteiger partial charge in [0.05, 0.1) is 97.2 Å². The molecule has 6 aromatic heterocycles. The van der Waals surface area contributed by atoms with Gasteiger partial charge >= 0.3 is 0 Å². The molecule has 2 aromatic carbocycles. The van der Waals surface area contributed by atoms with Gasteiger partial charge in [0.15, 0.2) is 0 Å². The van der Waals surface area contributed by atoms with Crippen LogP contribution in [0.5, 0.6) is 23.0 Å². The van der Waals surface area contributed by atoms with Gasteiger partial charge in [-0.25, -0.2) is 19.9 Å². The maximum absolute atomic E-state index is 6.04. The summed E-state index contributed by atoms with van der Waals surface area (Å²) in [4.78, 5) is 23.3. The molecular formula is C46H52BrN11O5S2. The third-order valence-corrected chi connectivity index (χ3v) is 13.2. The number of aromatic nitrogens is 8. The Morgan fingerprint density at radius 2 is 1.18 bits per heavy atom. The molecule has 7 heterocycles. The largest absolute Gasteiger partial charge is 0.496 e. The van der Waals surface area contributed by atoms with Gasteiger partial charge < -0.3 is 34.3 Å². The molecule has 1 aliphatic heterocycles. The molecule has 0 spiro atoms. The van der Waals surface area contributed by atoms with Gasteiger partial charge in [-0.1, -0.05) is 15.9 Å². The van der Waals surface area contributed by atoms with Gasteiger partial charge in [-0.05, 0) is 51.0 Å². The van der Waals surface area contributed by atoms with Crippen molar-refractivity contribution in [2.75, 3.05) is 76.2 Å². The van der Waals surface area contributed by atoms with Crippen molar-refractivity contribution in [1.29, 1.82) is 0 Å². The lowest BCUT2D eigenvalue weighted by Gasteiger charge is -2.26. The molecule has 1 fully saturated rings. The van der Waals surface area contributed by atoms with Crippen molar-refractivity contribution in [2.24, 2.45) is 14.1 Å². The van der Waals surface area contributed by atoms with Gasteiger partial charge in [-0.3, -0.25) is 14.3 Å². The molecule has 0 unspecified atom stereocenters. The molecule has 1 saturated heterocycles. The van der Waals surface area contributed by atoms with Crippen molar-refractivity contribution >= 4 is 82.3 Å². The zero-order valence-corrected chi connectivity index (χ0v) is 40.5. The van der Waals surface area contributed by atoms with Gasteiger partial charge in [-0.15, -0.1) is 22.7 Å². The van der Waals surface area contributed by atoms with Crippen molar-refractivity contribution in [2.45, 2.75) is 26.7 Å². The molecule has 0 aliphatic carbocycles. The number of hydrogen-bond donors (Lipinski definition) is 2. The first kappa shape index (κ1) is 45.7. The average molecular weight is 983 g/mol. The molecule has 340 valence electrons. The lowest BCUT2D eigenvalue weighted by atomic mass is 10.0. The van der Waals surface area contributed by atoms with Crippen LogP contribution in [0, 0.1) is 13.8 Å². The Bertz CT molecular complexity index is 2860. The van der Waals surface area contributed by atoms with Gasteiger partial charge in [0.2, 0.25) is 11.9 Å². The molecule has 0 amide bonds. The van der Waals surface area contributed by atoms with Crippen LogP contribution in [0.2, 0.25) is 0 Å². The second-order valence-corrected chi connectivity index (χ2v) is 18.5. The van der Waals surface area contributed by atoms with E-state index in [0.29, 0.717) is 25.1 Å². The fourth-order valence-corrected chi connectivity index (χ4v) is 9.69. The average Bonchev–Trinajstić information content (AvgIpc) is 4.09. The molecule has 65 heavy (non-hydrogen) atoms. The molecule has 0 radical (unpaired) electrons. The van der Waals surface area contributed by atoms with E-state index >= 15 is 0 Å². The first-order valence-electron chi connectivity index (χ1n) is 21.2. The number of morpholine rings is 1. The third kappa shape index (κ3) is 11.2. The standard InChI is InChI=1S/C25H30N6O3S.C21H22BrN5O2S/c1-17-23(24-22(35-17)15-26-25(29-24)28-18-14-27-30(2)16-18)20-6-5-19(13-21(20)32-3)34-10-4-7-31-8-11-33-12-9-31;1-13-19(16-6-5-15(9-17(16)28-3)29-8-4-7-22)20-18(30-13)11-23-21(26-20)25-14-10-24-27(2)12-14/h5-6,13-16H,4,7-12H2,1-3H3,(H,26,28,29);5-6,9-12H,4,7-8H2,1-3H3,(H,23,25,26). The van der Waals surface area contributed by atoms with Crippen LogP contribution < -0.4 is 29.6 Å². The number of hydrogen-bond acceptors (Lipinski definition) is 16. The fourth-order valence-electron chi connectivity index (χ4n) is 7.48. The number of nitrogens with zero attached hydrogens (tertiary/aromatic N) is 9. The Morgan fingerprint density at radius 1 is 0.692 bits per heavy atom. The van der Waals surface area contributed by atoms with Crippen molar-refractivity contribution < 1.29 is 23.7 Å². The fraction of sp³-hybridized carbons (Fsp3) is 0.348. The summed E-state index contributed by atoms with van der Waals surface area (Å²) in [7, 11) is 7.11. The Labute approximate surface area is 394 Å². The van der Waals surface area contributed by atoms with Gasteiger partial charge in [0, 0.05) is 95.6 Å². The number of nitrogens with one attached hydrogen (secondary N) is 2. The normalized spacial score (nSPS) is 12.8. The minimum atomic E-state index is 0.531. The maximum Gasteiger partial charge on any atom is 0.227 e. The smallest absolute Gasteiger partial charge is 0.227 e. The van der Waals surface area contributed by atoms with E-state index in [-0.39, 0.29) is 0 Å². The predicted molar refractivity (Wildman–Crippen MR) is 263 cm³/mol. The number of methoxy groups -OCH3 is 2. The van der Waals surface area contributed by atoms with Crippen LogP contribution in [0.3, 0.4) is 0 Å². The van der Waals surface area contributed by atoms with E-state index in [1.807, 2.05) is 69.2 Å². The minimum Gasteiger partial charge on any atom is -0.496 e. The number of fused-ring (bicyclic) bond motifs is 2. The van der Waals surface area contributed by atoms with Crippen LogP contribution in [0.15, 0.2) is 73.6 Å². The summed E-state index contributed by atoms with van der Waals surface area (Å²) in [6.45, 7) is 10.2. The lowest BCUT2D eigenvalue weighted by molar-refractivity contribution is 0.0358. The SMILES string of the molecule is COc1cc(OCCCBr)ccc1-c1c(C)sc2cnc(Nc3cnn(C)c3)nc12.COc1cc(OCCCN2CCOCC2)ccc1-c1c(C)sc2cnc(Nc3cnn(C)c3)nc12. The van der Waals surface area contributed by atoms with Crippen LogP contribution in [0.25, 0.3) is 42.7 Å². The van der Waals surface area contributed by atoms with E-state index in [2.05, 4.69) is 71.5 Å². The van der Waals surface area contributed by atoms with Crippen molar-refractivity contribution in [3.05, 3.63) is 83.3 Å². The second kappa shape index (κ2) is 21.4. The molecule has 1 aliphatic rings. The number of alkyl halides is 1. The van der Waals surface area contributed by atoms with Crippen LogP contribution in [-0.4, -0.2) is 110 Å². The van der Waals surface area contributed by atoms with Crippen LogP contribution >= 0.6 is 38.6 Å². The summed E-state index contributed by atoms with van der Waals surface area (Å²) in [6.07, 6.45) is 12.9. The summed E-state index contributed by atoms with van der Waals surface area (Å²) in [6, 6.07) is 12.0.